The summed E-state index contributed by atoms with van der Waals surface area (Å²) in [6.07, 6.45) is 0.726. The van der Waals surface area contributed by atoms with Crippen molar-refractivity contribution in [2.24, 2.45) is 11.7 Å². The molecule has 3 rings (SSSR count). The minimum Gasteiger partial charge on any atom is -0.346 e. The van der Waals surface area contributed by atoms with Gasteiger partial charge in [-0.25, -0.2) is 4.39 Å². The third-order valence-corrected chi connectivity index (χ3v) is 4.87. The normalized spacial score (nSPS) is 14.2. The van der Waals surface area contributed by atoms with Crippen LogP contribution in [-0.4, -0.2) is 30.9 Å². The summed E-state index contributed by atoms with van der Waals surface area (Å²) in [5, 5.41) is 2.62. The Morgan fingerprint density at radius 2 is 1.93 bits per heavy atom. The summed E-state index contributed by atoms with van der Waals surface area (Å²) in [4.78, 5) is 26.1. The molecule has 1 atom stereocenters. The zero-order chi connectivity index (χ0) is 19.6. The molecule has 0 unspecified atom stereocenters. The van der Waals surface area contributed by atoms with E-state index in [9.17, 15) is 14.0 Å². The number of nitrogens with one attached hydrogen (secondary N) is 1. The van der Waals surface area contributed by atoms with E-state index in [0.717, 1.165) is 28.8 Å². The molecule has 0 aliphatic carbocycles. The molecule has 2 aromatic carbocycles. The van der Waals surface area contributed by atoms with E-state index in [4.69, 9.17) is 5.73 Å². The smallest absolute Gasteiger partial charge is 0.246 e. The minimum absolute atomic E-state index is 0.00820. The molecular formula is C21H24FN3O2. The van der Waals surface area contributed by atoms with Crippen molar-refractivity contribution in [3.05, 3.63) is 53.8 Å². The van der Waals surface area contributed by atoms with E-state index in [2.05, 4.69) is 5.32 Å². The first-order valence-electron chi connectivity index (χ1n) is 9.09. The number of halogens is 1. The number of anilines is 1. The lowest BCUT2D eigenvalue weighted by molar-refractivity contribution is -0.126. The Hall–Kier alpha value is -2.73. The van der Waals surface area contributed by atoms with Gasteiger partial charge in [-0.05, 0) is 53.3 Å². The lowest BCUT2D eigenvalue weighted by Gasteiger charge is -2.20. The van der Waals surface area contributed by atoms with Gasteiger partial charge >= 0.3 is 0 Å². The molecule has 2 amide bonds. The quantitative estimate of drug-likeness (QED) is 0.850. The number of nitrogens with zero attached hydrogens (tertiary/aromatic N) is 1. The van der Waals surface area contributed by atoms with Gasteiger partial charge in [-0.3, -0.25) is 9.59 Å². The van der Waals surface area contributed by atoms with Crippen molar-refractivity contribution < 1.29 is 14.0 Å². The number of hydrogen-bond donors (Lipinski definition) is 2. The summed E-state index contributed by atoms with van der Waals surface area (Å²) in [7, 11) is 0. The topological polar surface area (TPSA) is 75.4 Å². The number of hydrogen-bond acceptors (Lipinski definition) is 3. The molecule has 0 saturated heterocycles. The third kappa shape index (κ3) is 4.17. The number of fused-ring (bicyclic) bond motifs is 1. The van der Waals surface area contributed by atoms with Gasteiger partial charge in [0, 0.05) is 12.2 Å². The maximum absolute atomic E-state index is 13.5. The maximum atomic E-state index is 13.5. The summed E-state index contributed by atoms with van der Waals surface area (Å²) < 4.78 is 13.5. The van der Waals surface area contributed by atoms with E-state index in [0.29, 0.717) is 6.54 Å². The molecule has 5 nitrogen and oxygen atoms in total. The SMILES string of the molecule is CC(C)[C@H](N)C(=O)NCC(=O)N1CCc2cc(-c3cccc(F)c3)ccc21. The van der Waals surface area contributed by atoms with Gasteiger partial charge in [0.05, 0.1) is 12.6 Å². The van der Waals surface area contributed by atoms with Crippen molar-refractivity contribution >= 4 is 17.5 Å². The molecule has 3 N–H and O–H groups in total. The Labute approximate surface area is 158 Å². The lowest BCUT2D eigenvalue weighted by Crippen LogP contribution is -2.47. The van der Waals surface area contributed by atoms with Gasteiger partial charge in [0.2, 0.25) is 11.8 Å². The van der Waals surface area contributed by atoms with Crippen molar-refractivity contribution in [3.8, 4) is 11.1 Å². The Balaban J connectivity index is 1.70. The highest BCUT2D eigenvalue weighted by atomic mass is 19.1. The standard InChI is InChI=1S/C21H24FN3O2/c1-13(2)20(23)21(27)24-12-19(26)25-9-8-16-10-15(6-7-18(16)25)14-4-3-5-17(22)11-14/h3-7,10-11,13,20H,8-9,12,23H2,1-2H3,(H,24,27)/t20-/m0/s1. The first-order valence-corrected chi connectivity index (χ1v) is 9.09. The van der Waals surface area contributed by atoms with E-state index < -0.39 is 6.04 Å². The number of carbonyl (C=O) groups excluding carboxylic acids is 2. The van der Waals surface area contributed by atoms with Crippen LogP contribution in [0.3, 0.4) is 0 Å². The predicted octanol–water partition coefficient (Wildman–Crippen LogP) is 2.48. The number of carbonyl (C=O) groups is 2. The van der Waals surface area contributed by atoms with Crippen LogP contribution in [0.5, 0.6) is 0 Å². The van der Waals surface area contributed by atoms with Crippen LogP contribution in [-0.2, 0) is 16.0 Å². The third-order valence-electron chi connectivity index (χ3n) is 4.87. The molecule has 27 heavy (non-hydrogen) atoms. The Morgan fingerprint density at radius 1 is 1.19 bits per heavy atom. The number of amides is 2. The zero-order valence-corrected chi connectivity index (χ0v) is 15.5. The monoisotopic (exact) mass is 369 g/mol. The molecular weight excluding hydrogens is 345 g/mol. The van der Waals surface area contributed by atoms with Crippen LogP contribution in [0, 0.1) is 11.7 Å². The largest absolute Gasteiger partial charge is 0.346 e. The Bertz CT molecular complexity index is 866. The molecule has 1 aliphatic rings. The molecule has 6 heteroatoms. The number of rotatable bonds is 5. The Kier molecular flexibility index (Phi) is 5.56. The van der Waals surface area contributed by atoms with Gasteiger partial charge in [-0.1, -0.05) is 32.0 Å². The first kappa shape index (κ1) is 19.0. The fourth-order valence-corrected chi connectivity index (χ4v) is 3.19. The van der Waals surface area contributed by atoms with Crippen LogP contribution < -0.4 is 16.0 Å². The van der Waals surface area contributed by atoms with Crippen LogP contribution in [0.25, 0.3) is 11.1 Å². The molecule has 1 heterocycles. The summed E-state index contributed by atoms with van der Waals surface area (Å²) in [6, 6.07) is 11.6. The fourth-order valence-electron chi connectivity index (χ4n) is 3.19. The highest BCUT2D eigenvalue weighted by Crippen LogP contribution is 2.32. The molecule has 0 fully saturated rings. The summed E-state index contributed by atoms with van der Waals surface area (Å²) in [6.45, 7) is 4.20. The molecule has 1 aliphatic heterocycles. The van der Waals surface area contributed by atoms with Crippen LogP contribution in [0.4, 0.5) is 10.1 Å². The average Bonchev–Trinajstić information content (AvgIpc) is 3.08. The average molecular weight is 369 g/mol. The predicted molar refractivity (Wildman–Crippen MR) is 104 cm³/mol. The summed E-state index contributed by atoms with van der Waals surface area (Å²) >= 11 is 0. The van der Waals surface area contributed by atoms with Crippen molar-refractivity contribution in [3.63, 3.8) is 0 Å². The van der Waals surface area contributed by atoms with Gasteiger partial charge in [0.25, 0.3) is 0 Å². The minimum atomic E-state index is -0.627. The summed E-state index contributed by atoms with van der Waals surface area (Å²) in [5.74, 6) is -0.759. The molecule has 0 spiro atoms. The molecule has 0 saturated carbocycles. The van der Waals surface area contributed by atoms with E-state index in [-0.39, 0.29) is 30.1 Å². The van der Waals surface area contributed by atoms with Crippen LogP contribution in [0.2, 0.25) is 0 Å². The second kappa shape index (κ2) is 7.88. The first-order chi connectivity index (χ1) is 12.9. The molecule has 0 aromatic heterocycles. The van der Waals surface area contributed by atoms with Gasteiger partial charge in [0.15, 0.2) is 0 Å². The second-order valence-corrected chi connectivity index (χ2v) is 7.14. The van der Waals surface area contributed by atoms with Crippen LogP contribution in [0.1, 0.15) is 19.4 Å². The van der Waals surface area contributed by atoms with E-state index in [1.165, 1.54) is 12.1 Å². The number of nitrogens with two attached hydrogens (primary N) is 1. The van der Waals surface area contributed by atoms with Crippen LogP contribution in [0.15, 0.2) is 42.5 Å². The van der Waals surface area contributed by atoms with Crippen LogP contribution >= 0.6 is 0 Å². The zero-order valence-electron chi connectivity index (χ0n) is 15.5. The van der Waals surface area contributed by atoms with Crippen molar-refractivity contribution in [2.75, 3.05) is 18.0 Å². The number of benzene rings is 2. The summed E-state index contributed by atoms with van der Waals surface area (Å²) in [5.41, 5.74) is 9.39. The van der Waals surface area contributed by atoms with Crippen molar-refractivity contribution in [2.45, 2.75) is 26.3 Å². The van der Waals surface area contributed by atoms with Gasteiger partial charge in [-0.2, -0.15) is 0 Å². The molecule has 142 valence electrons. The van der Waals surface area contributed by atoms with Crippen molar-refractivity contribution in [1.29, 1.82) is 0 Å². The molecule has 2 aromatic rings. The van der Waals surface area contributed by atoms with Crippen molar-refractivity contribution in [1.82, 2.24) is 5.32 Å². The van der Waals surface area contributed by atoms with Gasteiger partial charge < -0.3 is 16.0 Å². The van der Waals surface area contributed by atoms with E-state index in [1.807, 2.05) is 38.1 Å². The molecule has 0 bridgehead atoms. The highest BCUT2D eigenvalue weighted by molar-refractivity contribution is 5.99. The van der Waals surface area contributed by atoms with E-state index >= 15 is 0 Å². The Morgan fingerprint density at radius 3 is 2.63 bits per heavy atom. The molecule has 0 radical (unpaired) electrons. The van der Waals surface area contributed by atoms with Gasteiger partial charge in [0.1, 0.15) is 5.82 Å². The van der Waals surface area contributed by atoms with E-state index in [1.54, 1.807) is 11.0 Å². The van der Waals surface area contributed by atoms with Gasteiger partial charge in [-0.15, -0.1) is 0 Å². The fraction of sp³-hybridized carbons (Fsp3) is 0.333. The lowest BCUT2D eigenvalue weighted by atomic mass is 10.0. The highest BCUT2D eigenvalue weighted by Gasteiger charge is 2.26. The second-order valence-electron chi connectivity index (χ2n) is 7.14. The maximum Gasteiger partial charge on any atom is 0.246 e.